The third-order valence-electron chi connectivity index (χ3n) is 5.13. The molecule has 3 aromatic rings. The van der Waals surface area contributed by atoms with Gasteiger partial charge in [0.1, 0.15) is 23.7 Å². The minimum atomic E-state index is -1.26. The van der Waals surface area contributed by atoms with Gasteiger partial charge in [0.15, 0.2) is 0 Å². The van der Waals surface area contributed by atoms with Crippen molar-refractivity contribution in [3.05, 3.63) is 65.8 Å². The van der Waals surface area contributed by atoms with Gasteiger partial charge >= 0.3 is 6.03 Å². The topological polar surface area (TPSA) is 97.6 Å². The van der Waals surface area contributed by atoms with Crippen LogP contribution in [0.2, 0.25) is 0 Å². The highest BCUT2D eigenvalue weighted by Crippen LogP contribution is 2.33. The van der Waals surface area contributed by atoms with E-state index in [1.165, 1.54) is 24.3 Å². The molecule has 1 fully saturated rings. The number of rotatable bonds is 6. The van der Waals surface area contributed by atoms with Gasteiger partial charge in [-0.3, -0.25) is 9.69 Å². The number of benzene rings is 2. The lowest BCUT2D eigenvalue weighted by atomic mass is 9.87. The first-order valence-electron chi connectivity index (χ1n) is 9.34. The van der Waals surface area contributed by atoms with Crippen LogP contribution in [0.3, 0.4) is 0 Å². The number of ether oxygens (including phenoxy) is 1. The summed E-state index contributed by atoms with van der Waals surface area (Å²) < 4.78 is 23.7. The first-order valence-corrected chi connectivity index (χ1v) is 9.34. The van der Waals surface area contributed by atoms with Gasteiger partial charge in [0.25, 0.3) is 5.91 Å². The Kier molecular flexibility index (Phi) is 4.94. The van der Waals surface area contributed by atoms with Crippen molar-refractivity contribution < 1.29 is 23.2 Å². The fourth-order valence-corrected chi connectivity index (χ4v) is 3.48. The van der Waals surface area contributed by atoms with Crippen molar-refractivity contribution in [3.63, 3.8) is 0 Å². The van der Waals surface area contributed by atoms with E-state index in [9.17, 15) is 14.0 Å². The van der Waals surface area contributed by atoms with Crippen LogP contribution in [0.5, 0.6) is 5.75 Å². The molecule has 0 spiro atoms. The number of methoxy groups -OCH3 is 1. The fraction of sp³-hybridized carbons (Fsp3) is 0.238. The van der Waals surface area contributed by atoms with Gasteiger partial charge in [-0.1, -0.05) is 36.3 Å². The Morgan fingerprint density at radius 3 is 2.67 bits per heavy atom. The second-order valence-electron chi connectivity index (χ2n) is 6.83. The minimum Gasteiger partial charge on any atom is -0.497 e. The van der Waals surface area contributed by atoms with Crippen molar-refractivity contribution in [2.75, 3.05) is 7.11 Å². The molecule has 4 rings (SSSR count). The second-order valence-corrected chi connectivity index (χ2v) is 6.83. The van der Waals surface area contributed by atoms with Gasteiger partial charge in [0.05, 0.1) is 7.11 Å². The largest absolute Gasteiger partial charge is 0.497 e. The quantitative estimate of drug-likeness (QED) is 0.627. The van der Waals surface area contributed by atoms with E-state index in [1.807, 2.05) is 0 Å². The molecule has 0 aliphatic carbocycles. The van der Waals surface area contributed by atoms with Crippen molar-refractivity contribution in [1.29, 1.82) is 0 Å². The van der Waals surface area contributed by atoms with Crippen molar-refractivity contribution in [1.82, 2.24) is 20.4 Å². The average Bonchev–Trinajstić information content (AvgIpc) is 3.33. The molecule has 2 aromatic carbocycles. The highest BCUT2D eigenvalue weighted by molar-refractivity contribution is 6.07. The average molecular weight is 410 g/mol. The monoisotopic (exact) mass is 410 g/mol. The Hall–Kier alpha value is -3.75. The maximum Gasteiger partial charge on any atom is 0.325 e. The molecule has 0 radical (unpaired) electrons. The van der Waals surface area contributed by atoms with Crippen LogP contribution in [0, 0.1) is 5.82 Å². The zero-order valence-electron chi connectivity index (χ0n) is 16.4. The summed E-state index contributed by atoms with van der Waals surface area (Å²) in [6.45, 7) is 1.60. The summed E-state index contributed by atoms with van der Waals surface area (Å²) in [7, 11) is 1.56. The van der Waals surface area contributed by atoms with Gasteiger partial charge in [0, 0.05) is 5.56 Å². The summed E-state index contributed by atoms with van der Waals surface area (Å²) >= 11 is 0. The lowest BCUT2D eigenvalue weighted by molar-refractivity contribution is -0.132. The summed E-state index contributed by atoms with van der Waals surface area (Å²) in [5.74, 6) is 0.191. The molecule has 154 valence electrons. The highest BCUT2D eigenvalue weighted by Gasteiger charge is 2.51. The summed E-state index contributed by atoms with van der Waals surface area (Å²) in [6.07, 6.45) is 0.304. The van der Waals surface area contributed by atoms with E-state index < -0.39 is 23.3 Å². The van der Waals surface area contributed by atoms with Crippen LogP contribution in [0.1, 0.15) is 24.8 Å². The molecule has 30 heavy (non-hydrogen) atoms. The Bertz CT molecular complexity index is 1100. The number of carbonyl (C=O) groups is 2. The van der Waals surface area contributed by atoms with E-state index in [0.29, 0.717) is 29.1 Å². The Morgan fingerprint density at radius 2 is 1.97 bits per heavy atom. The molecule has 1 unspecified atom stereocenters. The van der Waals surface area contributed by atoms with Gasteiger partial charge in [0.2, 0.25) is 11.7 Å². The predicted molar refractivity (Wildman–Crippen MR) is 104 cm³/mol. The van der Waals surface area contributed by atoms with Crippen LogP contribution in [-0.2, 0) is 16.9 Å². The number of amides is 3. The zero-order valence-corrected chi connectivity index (χ0v) is 16.4. The molecule has 0 saturated carbocycles. The van der Waals surface area contributed by atoms with E-state index in [-0.39, 0.29) is 12.4 Å². The van der Waals surface area contributed by atoms with E-state index in [2.05, 4.69) is 15.5 Å². The Balaban J connectivity index is 1.58. The Labute approximate surface area is 171 Å². The number of urea groups is 1. The summed E-state index contributed by atoms with van der Waals surface area (Å²) in [6, 6.07) is 12.0. The van der Waals surface area contributed by atoms with Crippen molar-refractivity contribution in [2.45, 2.75) is 25.4 Å². The summed E-state index contributed by atoms with van der Waals surface area (Å²) in [4.78, 5) is 31.1. The van der Waals surface area contributed by atoms with Crippen LogP contribution < -0.4 is 10.1 Å². The molecule has 1 atom stereocenters. The van der Waals surface area contributed by atoms with Crippen LogP contribution >= 0.6 is 0 Å². The SMILES string of the molecule is CCC1(c2ccc(F)cc2)NC(=O)N(Cc2nc(-c3cccc(OC)c3)no2)C1=O. The van der Waals surface area contributed by atoms with Gasteiger partial charge in [-0.15, -0.1) is 0 Å². The maximum atomic E-state index is 13.3. The number of hydrogen-bond donors (Lipinski definition) is 1. The fourth-order valence-electron chi connectivity index (χ4n) is 3.48. The second kappa shape index (κ2) is 7.58. The smallest absolute Gasteiger partial charge is 0.325 e. The van der Waals surface area contributed by atoms with Crippen LogP contribution in [0.25, 0.3) is 11.4 Å². The number of carbonyl (C=O) groups excluding carboxylic acids is 2. The van der Waals surface area contributed by atoms with Crippen LogP contribution in [-0.4, -0.2) is 34.1 Å². The third kappa shape index (κ3) is 3.28. The van der Waals surface area contributed by atoms with Crippen molar-refractivity contribution >= 4 is 11.9 Å². The van der Waals surface area contributed by atoms with Crippen molar-refractivity contribution in [3.8, 4) is 17.1 Å². The number of hydrogen-bond acceptors (Lipinski definition) is 6. The van der Waals surface area contributed by atoms with Gasteiger partial charge < -0.3 is 14.6 Å². The zero-order chi connectivity index (χ0) is 21.3. The molecule has 0 bridgehead atoms. The third-order valence-corrected chi connectivity index (χ3v) is 5.13. The molecule has 1 N–H and O–H groups in total. The standard InChI is InChI=1S/C21H19FN4O4/c1-3-21(14-7-9-15(22)10-8-14)19(27)26(20(28)24-21)12-17-23-18(25-30-17)13-5-4-6-16(11-13)29-2/h4-11H,3,12H2,1-2H3,(H,24,28). The first kappa shape index (κ1) is 19.6. The number of nitrogens with zero attached hydrogens (tertiary/aromatic N) is 3. The molecular formula is C21H19FN4O4. The van der Waals surface area contributed by atoms with Crippen LogP contribution in [0.15, 0.2) is 53.1 Å². The Morgan fingerprint density at radius 1 is 1.20 bits per heavy atom. The number of halogens is 1. The van der Waals surface area contributed by atoms with E-state index in [1.54, 1.807) is 38.3 Å². The summed E-state index contributed by atoms with van der Waals surface area (Å²) in [5.41, 5.74) is -0.0777. The molecule has 1 saturated heterocycles. The van der Waals surface area contributed by atoms with Gasteiger partial charge in [-0.05, 0) is 36.2 Å². The molecule has 8 nitrogen and oxygen atoms in total. The van der Waals surface area contributed by atoms with Crippen molar-refractivity contribution in [2.24, 2.45) is 0 Å². The molecule has 9 heteroatoms. The number of aromatic nitrogens is 2. The van der Waals surface area contributed by atoms with E-state index >= 15 is 0 Å². The van der Waals surface area contributed by atoms with E-state index in [4.69, 9.17) is 9.26 Å². The molecule has 1 aliphatic rings. The van der Waals surface area contributed by atoms with Crippen LogP contribution in [0.4, 0.5) is 9.18 Å². The molecule has 1 aliphatic heterocycles. The molecular weight excluding hydrogens is 391 g/mol. The highest BCUT2D eigenvalue weighted by atomic mass is 19.1. The number of imide groups is 1. The normalized spacial score (nSPS) is 18.6. The van der Waals surface area contributed by atoms with Gasteiger partial charge in [-0.2, -0.15) is 4.98 Å². The summed E-state index contributed by atoms with van der Waals surface area (Å²) in [5, 5.41) is 6.66. The maximum absolute atomic E-state index is 13.3. The first-order chi connectivity index (χ1) is 14.5. The lowest BCUT2D eigenvalue weighted by Gasteiger charge is -2.25. The molecule has 2 heterocycles. The molecule has 3 amide bonds. The lowest BCUT2D eigenvalue weighted by Crippen LogP contribution is -2.43. The van der Waals surface area contributed by atoms with E-state index in [0.717, 1.165) is 4.90 Å². The van der Waals surface area contributed by atoms with Gasteiger partial charge in [-0.25, -0.2) is 9.18 Å². The predicted octanol–water partition coefficient (Wildman–Crippen LogP) is 3.24. The minimum absolute atomic E-state index is 0.113. The molecule has 1 aromatic heterocycles. The number of nitrogens with one attached hydrogen (secondary N) is 1.